The minimum atomic E-state index is -1.15. The lowest BCUT2D eigenvalue weighted by molar-refractivity contribution is -0.146. The summed E-state index contributed by atoms with van der Waals surface area (Å²) in [4.78, 5) is 22.3. The highest BCUT2D eigenvalue weighted by atomic mass is 16.4. The highest BCUT2D eigenvalue weighted by Crippen LogP contribution is 2.18. The van der Waals surface area contributed by atoms with E-state index in [4.69, 9.17) is 5.11 Å². The number of hydrogen-bond acceptors (Lipinski definition) is 3. The Balaban J connectivity index is 2.35. The van der Waals surface area contributed by atoms with Gasteiger partial charge < -0.3 is 15.7 Å². The summed E-state index contributed by atoms with van der Waals surface area (Å²) < 4.78 is 0. The van der Waals surface area contributed by atoms with Crippen molar-refractivity contribution in [2.75, 3.05) is 6.54 Å². The number of amides is 1. The lowest BCUT2D eigenvalue weighted by atomic mass is 9.99. The number of carboxylic acid groups (broad SMARTS) is 1. The Morgan fingerprint density at radius 2 is 2.07 bits per heavy atom. The lowest BCUT2D eigenvalue weighted by Crippen LogP contribution is -2.53. The van der Waals surface area contributed by atoms with Gasteiger partial charge in [-0.1, -0.05) is 6.92 Å². The summed E-state index contributed by atoms with van der Waals surface area (Å²) in [6, 6.07) is 0.452. The summed E-state index contributed by atoms with van der Waals surface area (Å²) >= 11 is 0. The molecule has 0 aliphatic heterocycles. The molecule has 0 aromatic carbocycles. The molecule has 15 heavy (non-hydrogen) atoms. The molecule has 1 rings (SSSR count). The average molecular weight is 214 g/mol. The third kappa shape index (κ3) is 3.51. The minimum absolute atomic E-state index is 0.202. The molecule has 0 spiro atoms. The second-order valence-corrected chi connectivity index (χ2v) is 4.19. The molecule has 5 heteroatoms. The fraction of sp³-hybridized carbons (Fsp3) is 0.800. The van der Waals surface area contributed by atoms with E-state index in [9.17, 15) is 9.59 Å². The van der Waals surface area contributed by atoms with Gasteiger partial charge in [0.25, 0.3) is 0 Å². The van der Waals surface area contributed by atoms with E-state index in [2.05, 4.69) is 10.6 Å². The molecule has 0 aromatic rings. The summed E-state index contributed by atoms with van der Waals surface area (Å²) in [5.41, 5.74) is -1.15. The van der Waals surface area contributed by atoms with Crippen LogP contribution in [0.5, 0.6) is 0 Å². The summed E-state index contributed by atoms with van der Waals surface area (Å²) in [5, 5.41) is 14.5. The van der Waals surface area contributed by atoms with Crippen molar-refractivity contribution < 1.29 is 14.7 Å². The van der Waals surface area contributed by atoms with Crippen molar-refractivity contribution in [2.45, 2.75) is 44.7 Å². The Hall–Kier alpha value is -1.10. The van der Waals surface area contributed by atoms with Gasteiger partial charge >= 0.3 is 5.97 Å². The van der Waals surface area contributed by atoms with Crippen LogP contribution in [0, 0.1) is 0 Å². The van der Waals surface area contributed by atoms with E-state index in [-0.39, 0.29) is 12.5 Å². The van der Waals surface area contributed by atoms with Crippen LogP contribution in [-0.4, -0.2) is 35.1 Å². The molecule has 0 bridgehead atoms. The predicted octanol–water partition coefficient (Wildman–Crippen LogP) is 0.108. The molecule has 0 radical (unpaired) electrons. The largest absolute Gasteiger partial charge is 0.480 e. The number of nitrogens with one attached hydrogen (secondary N) is 2. The first kappa shape index (κ1) is 12.0. The fourth-order valence-electron chi connectivity index (χ4n) is 1.17. The van der Waals surface area contributed by atoms with Crippen molar-refractivity contribution in [3.05, 3.63) is 0 Å². The van der Waals surface area contributed by atoms with E-state index < -0.39 is 11.5 Å². The van der Waals surface area contributed by atoms with Gasteiger partial charge in [0.15, 0.2) is 0 Å². The van der Waals surface area contributed by atoms with Crippen molar-refractivity contribution in [3.8, 4) is 0 Å². The van der Waals surface area contributed by atoms with Crippen LogP contribution in [0.3, 0.4) is 0 Å². The highest BCUT2D eigenvalue weighted by molar-refractivity contribution is 5.87. The number of carbonyl (C=O) groups excluding carboxylic acids is 1. The van der Waals surface area contributed by atoms with Gasteiger partial charge in [-0.2, -0.15) is 0 Å². The van der Waals surface area contributed by atoms with E-state index in [0.29, 0.717) is 12.5 Å². The summed E-state index contributed by atoms with van der Waals surface area (Å²) in [5.74, 6) is -1.25. The predicted molar refractivity (Wildman–Crippen MR) is 55.5 cm³/mol. The average Bonchev–Trinajstić information content (AvgIpc) is 2.97. The van der Waals surface area contributed by atoms with Gasteiger partial charge in [0.2, 0.25) is 5.91 Å². The highest BCUT2D eigenvalue weighted by Gasteiger charge is 2.33. The van der Waals surface area contributed by atoms with Crippen molar-refractivity contribution >= 4 is 11.9 Å². The normalized spacial score (nSPS) is 19.3. The lowest BCUT2D eigenvalue weighted by Gasteiger charge is -2.24. The van der Waals surface area contributed by atoms with Crippen molar-refractivity contribution in [3.63, 3.8) is 0 Å². The molecule has 1 aliphatic carbocycles. The van der Waals surface area contributed by atoms with Crippen molar-refractivity contribution in [2.24, 2.45) is 0 Å². The first-order chi connectivity index (χ1) is 6.98. The Bertz CT molecular complexity index is 263. The van der Waals surface area contributed by atoms with Crippen LogP contribution in [0.2, 0.25) is 0 Å². The summed E-state index contributed by atoms with van der Waals surface area (Å²) in [6.07, 6.45) is 2.59. The Kier molecular flexibility index (Phi) is 3.68. The molecule has 0 heterocycles. The van der Waals surface area contributed by atoms with Crippen LogP contribution in [0.15, 0.2) is 0 Å². The second-order valence-electron chi connectivity index (χ2n) is 4.19. The number of aliphatic carboxylic acids is 1. The van der Waals surface area contributed by atoms with Gasteiger partial charge in [0.05, 0.1) is 6.54 Å². The number of carbonyl (C=O) groups is 2. The van der Waals surface area contributed by atoms with Gasteiger partial charge in [-0.3, -0.25) is 4.79 Å². The Morgan fingerprint density at radius 1 is 1.47 bits per heavy atom. The van der Waals surface area contributed by atoms with Crippen molar-refractivity contribution in [1.29, 1.82) is 0 Å². The third-order valence-corrected chi connectivity index (χ3v) is 2.72. The van der Waals surface area contributed by atoms with E-state index in [0.717, 1.165) is 12.8 Å². The molecular weight excluding hydrogens is 196 g/mol. The number of hydrogen-bond donors (Lipinski definition) is 3. The maximum absolute atomic E-state index is 11.4. The fourth-order valence-corrected chi connectivity index (χ4v) is 1.17. The first-order valence-electron chi connectivity index (χ1n) is 5.25. The molecule has 1 saturated carbocycles. The van der Waals surface area contributed by atoms with Crippen LogP contribution in [0.4, 0.5) is 0 Å². The molecule has 5 nitrogen and oxygen atoms in total. The smallest absolute Gasteiger partial charge is 0.329 e. The monoisotopic (exact) mass is 214 g/mol. The molecular formula is C10H18N2O3. The molecule has 1 amide bonds. The van der Waals surface area contributed by atoms with Gasteiger partial charge in [-0.05, 0) is 26.2 Å². The standard InChI is InChI=1S/C10H18N2O3/c1-3-10(2,9(14)15)12-8(13)6-11-7-4-5-7/h7,11H,3-6H2,1-2H3,(H,12,13)(H,14,15). The SMILES string of the molecule is CCC(C)(NC(=O)CNC1CC1)C(=O)O. The van der Waals surface area contributed by atoms with E-state index in [1.54, 1.807) is 6.92 Å². The van der Waals surface area contributed by atoms with Crippen LogP contribution in [0.25, 0.3) is 0 Å². The Labute approximate surface area is 89.2 Å². The third-order valence-electron chi connectivity index (χ3n) is 2.72. The molecule has 0 aromatic heterocycles. The van der Waals surface area contributed by atoms with Gasteiger partial charge in [0, 0.05) is 6.04 Å². The van der Waals surface area contributed by atoms with Gasteiger partial charge in [-0.25, -0.2) is 4.79 Å². The maximum Gasteiger partial charge on any atom is 0.329 e. The zero-order valence-corrected chi connectivity index (χ0v) is 9.17. The van der Waals surface area contributed by atoms with E-state index in [1.165, 1.54) is 6.92 Å². The molecule has 86 valence electrons. The molecule has 1 fully saturated rings. The maximum atomic E-state index is 11.4. The molecule has 3 N–H and O–H groups in total. The van der Waals surface area contributed by atoms with E-state index >= 15 is 0 Å². The molecule has 1 atom stereocenters. The quantitative estimate of drug-likeness (QED) is 0.586. The topological polar surface area (TPSA) is 78.4 Å². The van der Waals surface area contributed by atoms with Crippen LogP contribution < -0.4 is 10.6 Å². The number of carboxylic acids is 1. The molecule has 0 saturated heterocycles. The van der Waals surface area contributed by atoms with Crippen molar-refractivity contribution in [1.82, 2.24) is 10.6 Å². The van der Waals surface area contributed by atoms with Crippen LogP contribution >= 0.6 is 0 Å². The zero-order valence-electron chi connectivity index (χ0n) is 9.17. The second kappa shape index (κ2) is 4.61. The minimum Gasteiger partial charge on any atom is -0.480 e. The van der Waals surface area contributed by atoms with E-state index in [1.807, 2.05) is 0 Å². The zero-order chi connectivity index (χ0) is 11.5. The number of rotatable bonds is 6. The first-order valence-corrected chi connectivity index (χ1v) is 5.25. The van der Waals surface area contributed by atoms with Gasteiger partial charge in [-0.15, -0.1) is 0 Å². The summed E-state index contributed by atoms with van der Waals surface area (Å²) in [7, 11) is 0. The Morgan fingerprint density at radius 3 is 2.47 bits per heavy atom. The molecule has 1 aliphatic rings. The van der Waals surface area contributed by atoms with Crippen LogP contribution in [-0.2, 0) is 9.59 Å². The molecule has 1 unspecified atom stereocenters. The summed E-state index contributed by atoms with van der Waals surface area (Å²) in [6.45, 7) is 3.46. The van der Waals surface area contributed by atoms with Crippen LogP contribution in [0.1, 0.15) is 33.1 Å². The van der Waals surface area contributed by atoms with Gasteiger partial charge in [0.1, 0.15) is 5.54 Å².